The molecule has 2 N–H and O–H groups in total. The van der Waals surface area contributed by atoms with E-state index in [1.54, 1.807) is 0 Å². The molecule has 1 saturated carbocycles. The number of nitrogens with zero attached hydrogens (tertiary/aromatic N) is 1. The molecule has 0 saturated heterocycles. The third-order valence-corrected chi connectivity index (χ3v) is 5.41. The molecule has 0 spiro atoms. The van der Waals surface area contributed by atoms with Crippen molar-refractivity contribution in [1.82, 2.24) is 0 Å². The number of hydrogen-bond acceptors (Lipinski definition) is 2. The summed E-state index contributed by atoms with van der Waals surface area (Å²) >= 11 is 0. The van der Waals surface area contributed by atoms with Crippen LogP contribution in [0.15, 0.2) is 24.3 Å². The fourth-order valence-electron chi connectivity index (χ4n) is 4.12. The first-order valence-electron chi connectivity index (χ1n) is 8.15. The van der Waals surface area contributed by atoms with Crippen LogP contribution in [0.1, 0.15) is 51.0 Å². The summed E-state index contributed by atoms with van der Waals surface area (Å²) in [7, 11) is 0. The lowest BCUT2D eigenvalue weighted by Gasteiger charge is -2.30. The zero-order chi connectivity index (χ0) is 15.0. The molecule has 1 heterocycles. The Balaban J connectivity index is 1.88. The van der Waals surface area contributed by atoms with Crippen LogP contribution < -0.4 is 10.6 Å². The van der Waals surface area contributed by atoms with Gasteiger partial charge in [0.1, 0.15) is 0 Å². The van der Waals surface area contributed by atoms with Gasteiger partial charge in [-0.15, -0.1) is 0 Å². The summed E-state index contributed by atoms with van der Waals surface area (Å²) in [6.07, 6.45) is 4.32. The number of carbonyl (C=O) groups excluding carboxylic acids is 1. The molecule has 1 fully saturated rings. The summed E-state index contributed by atoms with van der Waals surface area (Å²) in [6, 6.07) is 8.34. The molecule has 2 atom stereocenters. The first-order valence-corrected chi connectivity index (χ1v) is 8.15. The van der Waals surface area contributed by atoms with Crippen LogP contribution in [-0.4, -0.2) is 19.0 Å². The smallest absolute Gasteiger partial charge is 0.230 e. The van der Waals surface area contributed by atoms with Crippen molar-refractivity contribution in [3.8, 4) is 0 Å². The Morgan fingerprint density at radius 2 is 2.14 bits per heavy atom. The highest BCUT2D eigenvalue weighted by Crippen LogP contribution is 2.46. The number of nitrogens with two attached hydrogens (primary N) is 1. The number of rotatable bonds is 3. The highest BCUT2D eigenvalue weighted by atomic mass is 16.2. The summed E-state index contributed by atoms with van der Waals surface area (Å²) in [5.74, 6) is 0.895. The molecule has 2 unspecified atom stereocenters. The van der Waals surface area contributed by atoms with Crippen molar-refractivity contribution >= 4 is 11.6 Å². The molecule has 2 aliphatic rings. The van der Waals surface area contributed by atoms with Gasteiger partial charge in [-0.2, -0.15) is 0 Å². The van der Waals surface area contributed by atoms with E-state index < -0.39 is 0 Å². The normalized spacial score (nSPS) is 26.9. The maximum Gasteiger partial charge on any atom is 0.230 e. The van der Waals surface area contributed by atoms with E-state index in [9.17, 15) is 4.79 Å². The average molecular weight is 286 g/mol. The quantitative estimate of drug-likeness (QED) is 0.926. The Kier molecular flexibility index (Phi) is 3.78. The van der Waals surface area contributed by atoms with Crippen LogP contribution in [0.4, 0.5) is 5.69 Å². The van der Waals surface area contributed by atoms with Gasteiger partial charge in [0, 0.05) is 24.1 Å². The molecular weight excluding hydrogens is 260 g/mol. The average Bonchev–Trinajstić information content (AvgIpc) is 3.00. The van der Waals surface area contributed by atoms with Crippen LogP contribution in [0.5, 0.6) is 0 Å². The number of benzene rings is 1. The summed E-state index contributed by atoms with van der Waals surface area (Å²) < 4.78 is 0. The second-order valence-corrected chi connectivity index (χ2v) is 7.22. The fraction of sp³-hybridized carbons (Fsp3) is 0.611. The molecule has 3 heteroatoms. The fourth-order valence-corrected chi connectivity index (χ4v) is 4.12. The zero-order valence-corrected chi connectivity index (χ0v) is 13.1. The molecule has 1 aromatic rings. The van der Waals surface area contributed by atoms with E-state index >= 15 is 0 Å². The van der Waals surface area contributed by atoms with Crippen LogP contribution in [0.25, 0.3) is 0 Å². The van der Waals surface area contributed by atoms with Gasteiger partial charge in [-0.25, -0.2) is 0 Å². The van der Waals surface area contributed by atoms with Gasteiger partial charge < -0.3 is 10.6 Å². The van der Waals surface area contributed by atoms with E-state index in [0.29, 0.717) is 18.4 Å². The predicted octanol–water partition coefficient (Wildman–Crippen LogP) is 3.29. The Morgan fingerprint density at radius 3 is 2.81 bits per heavy atom. The topological polar surface area (TPSA) is 46.3 Å². The standard InChI is InChI=1S/C18H26N2O/c1-18(2)10-5-7-15(18)17(21)20-12-13(9-11-19)14-6-3-4-8-16(14)20/h3-4,6,8,13,15H,5,7,9-12,19H2,1-2H3. The summed E-state index contributed by atoms with van der Waals surface area (Å²) in [4.78, 5) is 15.1. The molecule has 1 aromatic carbocycles. The lowest BCUT2D eigenvalue weighted by molar-refractivity contribution is -0.124. The van der Waals surface area contributed by atoms with Crippen molar-refractivity contribution in [3.05, 3.63) is 29.8 Å². The lowest BCUT2D eigenvalue weighted by Crippen LogP contribution is -2.39. The van der Waals surface area contributed by atoms with Crippen LogP contribution in [-0.2, 0) is 4.79 Å². The zero-order valence-electron chi connectivity index (χ0n) is 13.1. The van der Waals surface area contributed by atoms with Gasteiger partial charge in [0.15, 0.2) is 0 Å². The van der Waals surface area contributed by atoms with Crippen LogP contribution in [0.2, 0.25) is 0 Å². The second-order valence-electron chi connectivity index (χ2n) is 7.22. The Hall–Kier alpha value is -1.35. The predicted molar refractivity (Wildman–Crippen MR) is 86.3 cm³/mol. The van der Waals surface area contributed by atoms with Crippen molar-refractivity contribution in [2.75, 3.05) is 18.0 Å². The summed E-state index contributed by atoms with van der Waals surface area (Å²) in [6.45, 7) is 5.96. The van der Waals surface area contributed by atoms with Gasteiger partial charge in [0.25, 0.3) is 0 Å². The van der Waals surface area contributed by atoms with E-state index in [1.807, 2.05) is 11.0 Å². The molecule has 1 aliphatic heterocycles. The highest BCUT2D eigenvalue weighted by Gasteiger charge is 2.43. The lowest BCUT2D eigenvalue weighted by atomic mass is 9.81. The molecule has 21 heavy (non-hydrogen) atoms. The molecule has 0 radical (unpaired) electrons. The van der Waals surface area contributed by atoms with E-state index in [1.165, 1.54) is 12.0 Å². The number of fused-ring (bicyclic) bond motifs is 1. The van der Waals surface area contributed by atoms with E-state index in [2.05, 4.69) is 32.0 Å². The molecule has 114 valence electrons. The SMILES string of the molecule is CC1(C)CCCC1C(=O)N1CC(CCN)c2ccccc21. The monoisotopic (exact) mass is 286 g/mol. The summed E-state index contributed by atoms with van der Waals surface area (Å²) in [5.41, 5.74) is 8.30. The van der Waals surface area contributed by atoms with Gasteiger partial charge in [-0.3, -0.25) is 4.79 Å². The van der Waals surface area contributed by atoms with Crippen molar-refractivity contribution in [2.24, 2.45) is 17.1 Å². The maximum absolute atomic E-state index is 13.1. The molecule has 1 aliphatic carbocycles. The Morgan fingerprint density at radius 1 is 1.38 bits per heavy atom. The number of hydrogen-bond donors (Lipinski definition) is 1. The Labute approximate surface area is 127 Å². The first kappa shape index (κ1) is 14.6. The first-order chi connectivity index (χ1) is 10.0. The molecule has 0 aromatic heterocycles. The molecule has 3 rings (SSSR count). The Bertz CT molecular complexity index is 538. The second kappa shape index (κ2) is 5.45. The third-order valence-electron chi connectivity index (χ3n) is 5.41. The minimum Gasteiger partial charge on any atom is -0.330 e. The number of para-hydroxylation sites is 1. The maximum atomic E-state index is 13.1. The molecule has 1 amide bonds. The third kappa shape index (κ3) is 2.48. The summed E-state index contributed by atoms with van der Waals surface area (Å²) in [5, 5.41) is 0. The van der Waals surface area contributed by atoms with Crippen molar-refractivity contribution < 1.29 is 4.79 Å². The largest absolute Gasteiger partial charge is 0.330 e. The van der Waals surface area contributed by atoms with Crippen LogP contribution in [0, 0.1) is 11.3 Å². The van der Waals surface area contributed by atoms with E-state index in [0.717, 1.165) is 31.5 Å². The number of anilines is 1. The minimum atomic E-state index is 0.137. The van der Waals surface area contributed by atoms with Crippen molar-refractivity contribution in [1.29, 1.82) is 0 Å². The van der Waals surface area contributed by atoms with Gasteiger partial charge >= 0.3 is 0 Å². The van der Waals surface area contributed by atoms with E-state index in [4.69, 9.17) is 5.73 Å². The van der Waals surface area contributed by atoms with Gasteiger partial charge in [-0.05, 0) is 42.9 Å². The highest BCUT2D eigenvalue weighted by molar-refractivity contribution is 5.98. The molecule has 0 bridgehead atoms. The molecular formula is C18H26N2O. The van der Waals surface area contributed by atoms with E-state index in [-0.39, 0.29) is 11.3 Å². The van der Waals surface area contributed by atoms with Crippen LogP contribution >= 0.6 is 0 Å². The van der Waals surface area contributed by atoms with Crippen molar-refractivity contribution in [3.63, 3.8) is 0 Å². The van der Waals surface area contributed by atoms with Gasteiger partial charge in [0.2, 0.25) is 5.91 Å². The van der Waals surface area contributed by atoms with Gasteiger partial charge in [0.05, 0.1) is 0 Å². The number of carbonyl (C=O) groups is 1. The van der Waals surface area contributed by atoms with Crippen molar-refractivity contribution in [2.45, 2.75) is 45.4 Å². The van der Waals surface area contributed by atoms with Gasteiger partial charge in [-0.1, -0.05) is 38.5 Å². The minimum absolute atomic E-state index is 0.137. The molecule has 3 nitrogen and oxygen atoms in total. The number of amides is 1. The van der Waals surface area contributed by atoms with Crippen LogP contribution in [0.3, 0.4) is 0 Å².